The van der Waals surface area contributed by atoms with E-state index in [0.717, 1.165) is 35.9 Å². The molecule has 0 spiro atoms. The summed E-state index contributed by atoms with van der Waals surface area (Å²) in [5, 5.41) is 3.10. The van der Waals surface area contributed by atoms with E-state index in [1.807, 2.05) is 30.5 Å². The Labute approximate surface area is 134 Å². The number of hydrogen-bond acceptors (Lipinski definition) is 4. The van der Waals surface area contributed by atoms with Gasteiger partial charge in [0, 0.05) is 12.4 Å². The lowest BCUT2D eigenvalue weighted by molar-refractivity contribution is 0.320. The summed E-state index contributed by atoms with van der Waals surface area (Å²) in [6.45, 7) is 2.80. The Morgan fingerprint density at radius 2 is 2.00 bits per heavy atom. The average Bonchev–Trinajstić information content (AvgIpc) is 2.98. The highest BCUT2D eigenvalue weighted by molar-refractivity contribution is 7.12. The molecule has 112 valence electrons. The summed E-state index contributed by atoms with van der Waals surface area (Å²) < 4.78 is 5.78. The van der Waals surface area contributed by atoms with Crippen LogP contribution >= 0.6 is 11.3 Å². The summed E-state index contributed by atoms with van der Waals surface area (Å²) in [5.41, 5.74) is 4.36. The van der Waals surface area contributed by atoms with Crippen molar-refractivity contribution in [3.63, 3.8) is 0 Å². The van der Waals surface area contributed by atoms with Gasteiger partial charge in [0.15, 0.2) is 5.06 Å². The normalized spacial score (nSPS) is 10.6. The van der Waals surface area contributed by atoms with Crippen LogP contribution in [0.3, 0.4) is 0 Å². The molecule has 3 aromatic rings. The van der Waals surface area contributed by atoms with Gasteiger partial charge >= 0.3 is 0 Å². The zero-order chi connectivity index (χ0) is 15.2. The van der Waals surface area contributed by atoms with Crippen molar-refractivity contribution >= 4 is 11.3 Å². The van der Waals surface area contributed by atoms with Crippen LogP contribution in [0.25, 0.3) is 11.4 Å². The van der Waals surface area contributed by atoms with Crippen LogP contribution < -0.4 is 4.74 Å². The Balaban J connectivity index is 1.61. The molecule has 22 heavy (non-hydrogen) atoms. The molecule has 0 atom stereocenters. The third kappa shape index (κ3) is 3.71. The van der Waals surface area contributed by atoms with E-state index in [4.69, 9.17) is 4.74 Å². The van der Waals surface area contributed by atoms with Crippen LogP contribution in [-0.4, -0.2) is 16.6 Å². The van der Waals surface area contributed by atoms with Gasteiger partial charge in [-0.25, -0.2) is 0 Å². The molecule has 3 nitrogen and oxygen atoms in total. The molecule has 3 aromatic heterocycles. The predicted octanol–water partition coefficient (Wildman–Crippen LogP) is 4.53. The molecule has 0 aliphatic heterocycles. The van der Waals surface area contributed by atoms with Gasteiger partial charge in [0.1, 0.15) is 0 Å². The van der Waals surface area contributed by atoms with Gasteiger partial charge in [0.25, 0.3) is 0 Å². The van der Waals surface area contributed by atoms with E-state index in [2.05, 4.69) is 34.4 Å². The molecule has 0 aromatic carbocycles. The Hall–Kier alpha value is -2.20. The molecule has 0 unspecified atom stereocenters. The van der Waals surface area contributed by atoms with Crippen molar-refractivity contribution in [1.29, 1.82) is 0 Å². The van der Waals surface area contributed by atoms with Gasteiger partial charge in [-0.1, -0.05) is 12.1 Å². The molecule has 0 saturated carbocycles. The van der Waals surface area contributed by atoms with Crippen molar-refractivity contribution in [1.82, 2.24) is 9.97 Å². The van der Waals surface area contributed by atoms with E-state index < -0.39 is 0 Å². The number of nitrogens with zero attached hydrogens (tertiary/aromatic N) is 2. The monoisotopic (exact) mass is 310 g/mol. The molecule has 0 aliphatic carbocycles. The second-order valence-corrected chi connectivity index (χ2v) is 5.99. The quantitative estimate of drug-likeness (QED) is 0.628. The fourth-order valence-electron chi connectivity index (χ4n) is 2.29. The van der Waals surface area contributed by atoms with E-state index in [9.17, 15) is 0 Å². The number of aromatic nitrogens is 2. The molecule has 0 aliphatic rings. The fourth-order valence-corrected chi connectivity index (χ4v) is 3.07. The zero-order valence-electron chi connectivity index (χ0n) is 12.5. The molecule has 3 heterocycles. The minimum atomic E-state index is 0.719. The van der Waals surface area contributed by atoms with Crippen molar-refractivity contribution in [3.8, 4) is 16.5 Å². The maximum Gasteiger partial charge on any atom is 0.173 e. The van der Waals surface area contributed by atoms with Crippen molar-refractivity contribution in [2.75, 3.05) is 6.61 Å². The Kier molecular flexibility index (Phi) is 4.81. The summed E-state index contributed by atoms with van der Waals surface area (Å²) in [6, 6.07) is 12.1. The molecule has 0 amide bonds. The predicted molar refractivity (Wildman–Crippen MR) is 90.3 cm³/mol. The van der Waals surface area contributed by atoms with Crippen LogP contribution in [0.15, 0.2) is 54.2 Å². The first-order chi connectivity index (χ1) is 10.8. The molecule has 0 fully saturated rings. The highest BCUT2D eigenvalue weighted by Gasteiger charge is 2.07. The van der Waals surface area contributed by atoms with Crippen molar-refractivity contribution in [3.05, 3.63) is 65.3 Å². The van der Waals surface area contributed by atoms with E-state index >= 15 is 0 Å². The molecular formula is C18H18N2OS. The minimum Gasteiger partial charge on any atom is -0.484 e. The van der Waals surface area contributed by atoms with E-state index in [1.54, 1.807) is 17.5 Å². The van der Waals surface area contributed by atoms with Crippen LogP contribution in [0.5, 0.6) is 5.06 Å². The number of hydrogen-bond donors (Lipinski definition) is 0. The number of ether oxygens (including phenoxy) is 1. The van der Waals surface area contributed by atoms with Crippen LogP contribution in [0.2, 0.25) is 0 Å². The van der Waals surface area contributed by atoms with Crippen molar-refractivity contribution in [2.45, 2.75) is 19.8 Å². The average molecular weight is 310 g/mol. The Bertz CT molecular complexity index is 725. The second-order valence-electron chi connectivity index (χ2n) is 5.12. The molecule has 0 saturated heterocycles. The molecule has 0 N–H and O–H groups in total. The van der Waals surface area contributed by atoms with Crippen LogP contribution in [0, 0.1) is 6.92 Å². The lowest BCUT2D eigenvalue weighted by atomic mass is 10.1. The molecular weight excluding hydrogens is 292 g/mol. The highest BCUT2D eigenvalue weighted by Crippen LogP contribution is 2.23. The standard InChI is InChI=1S/C18H18N2OS/c1-14-12-17(22-13-14)21-11-5-7-15-6-4-10-20-18(15)16-8-2-3-9-19-16/h2-4,6,8-10,12-13H,5,7,11H2,1H3. The first kappa shape index (κ1) is 14.7. The van der Waals surface area contributed by atoms with Gasteiger partial charge in [-0.15, -0.1) is 11.3 Å². The summed E-state index contributed by atoms with van der Waals surface area (Å²) in [7, 11) is 0. The van der Waals surface area contributed by atoms with Crippen molar-refractivity contribution < 1.29 is 4.74 Å². The van der Waals surface area contributed by atoms with Gasteiger partial charge in [-0.05, 0) is 60.5 Å². The summed E-state index contributed by atoms with van der Waals surface area (Å²) in [4.78, 5) is 8.88. The maximum atomic E-state index is 5.78. The van der Waals surface area contributed by atoms with Crippen LogP contribution in [0.4, 0.5) is 0 Å². The smallest absolute Gasteiger partial charge is 0.173 e. The van der Waals surface area contributed by atoms with E-state index in [0.29, 0.717) is 0 Å². The fraction of sp³-hybridized carbons (Fsp3) is 0.222. The highest BCUT2D eigenvalue weighted by atomic mass is 32.1. The molecule has 0 bridgehead atoms. The molecule has 3 rings (SSSR count). The van der Waals surface area contributed by atoms with Gasteiger partial charge in [-0.3, -0.25) is 9.97 Å². The zero-order valence-corrected chi connectivity index (χ0v) is 13.3. The largest absolute Gasteiger partial charge is 0.484 e. The second kappa shape index (κ2) is 7.18. The number of pyridine rings is 2. The first-order valence-electron chi connectivity index (χ1n) is 7.36. The van der Waals surface area contributed by atoms with E-state index in [-0.39, 0.29) is 0 Å². The Morgan fingerprint density at radius 3 is 2.77 bits per heavy atom. The maximum absolute atomic E-state index is 5.78. The number of rotatable bonds is 6. The lowest BCUT2D eigenvalue weighted by Gasteiger charge is -2.08. The summed E-state index contributed by atoms with van der Waals surface area (Å²) in [6.07, 6.45) is 5.51. The number of thiophene rings is 1. The molecule has 0 radical (unpaired) electrons. The third-order valence-electron chi connectivity index (χ3n) is 3.34. The number of aryl methyl sites for hydroxylation is 2. The van der Waals surface area contributed by atoms with Gasteiger partial charge < -0.3 is 4.74 Å². The third-order valence-corrected chi connectivity index (χ3v) is 4.30. The topological polar surface area (TPSA) is 35.0 Å². The van der Waals surface area contributed by atoms with Gasteiger partial charge in [0.2, 0.25) is 0 Å². The van der Waals surface area contributed by atoms with E-state index in [1.165, 1.54) is 11.1 Å². The Morgan fingerprint density at radius 1 is 1.09 bits per heavy atom. The van der Waals surface area contributed by atoms with Crippen molar-refractivity contribution in [2.24, 2.45) is 0 Å². The minimum absolute atomic E-state index is 0.719. The first-order valence-corrected chi connectivity index (χ1v) is 8.24. The lowest BCUT2D eigenvalue weighted by Crippen LogP contribution is -2.00. The summed E-state index contributed by atoms with van der Waals surface area (Å²) in [5.74, 6) is 0. The summed E-state index contributed by atoms with van der Waals surface area (Å²) >= 11 is 1.65. The van der Waals surface area contributed by atoms with Gasteiger partial charge in [0.05, 0.1) is 18.0 Å². The van der Waals surface area contributed by atoms with Gasteiger partial charge in [-0.2, -0.15) is 0 Å². The SMILES string of the molecule is Cc1csc(OCCCc2cccnc2-c2ccccn2)c1. The molecule has 4 heteroatoms. The van der Waals surface area contributed by atoms with Crippen LogP contribution in [-0.2, 0) is 6.42 Å². The van der Waals surface area contributed by atoms with Crippen LogP contribution in [0.1, 0.15) is 17.5 Å².